The van der Waals surface area contributed by atoms with Crippen LogP contribution in [0.4, 0.5) is 0 Å². The summed E-state index contributed by atoms with van der Waals surface area (Å²) in [5.41, 5.74) is 0.157. The molecule has 132 valence electrons. The number of rotatable bonds is 4. The highest BCUT2D eigenvalue weighted by molar-refractivity contribution is 7.20. The predicted molar refractivity (Wildman–Crippen MR) is 95.9 cm³/mol. The number of ether oxygens (including phenoxy) is 3. The van der Waals surface area contributed by atoms with Crippen LogP contribution in [0.15, 0.2) is 48.5 Å². The predicted octanol–water partition coefficient (Wildman–Crippen LogP) is 3.69. The highest BCUT2D eigenvalue weighted by Crippen LogP contribution is 2.27. The summed E-state index contributed by atoms with van der Waals surface area (Å²) in [5.74, 6) is -1.84. The van der Waals surface area contributed by atoms with Crippen molar-refractivity contribution in [2.24, 2.45) is 0 Å². The number of benzene rings is 2. The van der Waals surface area contributed by atoms with Gasteiger partial charge < -0.3 is 14.2 Å². The van der Waals surface area contributed by atoms with Crippen molar-refractivity contribution in [3.8, 4) is 5.75 Å². The van der Waals surface area contributed by atoms with Crippen molar-refractivity contribution >= 4 is 39.3 Å². The van der Waals surface area contributed by atoms with E-state index in [0.29, 0.717) is 4.88 Å². The minimum Gasteiger partial charge on any atom is -0.465 e. The molecule has 0 fully saturated rings. The van der Waals surface area contributed by atoms with Crippen LogP contribution in [0.1, 0.15) is 30.4 Å². The number of thiophene rings is 1. The molecule has 6 nitrogen and oxygen atoms in total. The van der Waals surface area contributed by atoms with Crippen molar-refractivity contribution in [1.29, 1.82) is 0 Å². The zero-order valence-corrected chi connectivity index (χ0v) is 14.8. The van der Waals surface area contributed by atoms with E-state index >= 15 is 0 Å². The fraction of sp³-hybridized carbons (Fsp3) is 0.105. The third-order valence-electron chi connectivity index (χ3n) is 3.59. The first-order chi connectivity index (χ1) is 12.5. The molecule has 0 bridgehead atoms. The van der Waals surface area contributed by atoms with Gasteiger partial charge in [0.1, 0.15) is 10.6 Å². The van der Waals surface area contributed by atoms with Crippen LogP contribution in [0.3, 0.4) is 0 Å². The Morgan fingerprint density at radius 1 is 0.808 bits per heavy atom. The quantitative estimate of drug-likeness (QED) is 0.515. The summed E-state index contributed by atoms with van der Waals surface area (Å²) in [6, 6.07) is 13.3. The van der Waals surface area contributed by atoms with Gasteiger partial charge in [0.05, 0.1) is 25.3 Å². The number of hydrogen-bond acceptors (Lipinski definition) is 7. The fourth-order valence-corrected chi connectivity index (χ4v) is 3.31. The van der Waals surface area contributed by atoms with E-state index in [1.807, 2.05) is 24.3 Å². The summed E-state index contributed by atoms with van der Waals surface area (Å²) in [5, 5.41) is 0.933. The summed E-state index contributed by atoms with van der Waals surface area (Å²) >= 11 is 1.30. The second kappa shape index (κ2) is 7.37. The normalized spacial score (nSPS) is 10.4. The molecule has 26 heavy (non-hydrogen) atoms. The maximum Gasteiger partial charge on any atom is 0.353 e. The third kappa shape index (κ3) is 3.57. The Hall–Kier alpha value is -3.19. The highest BCUT2D eigenvalue weighted by Gasteiger charge is 2.18. The van der Waals surface area contributed by atoms with Crippen molar-refractivity contribution in [2.75, 3.05) is 14.2 Å². The van der Waals surface area contributed by atoms with Gasteiger partial charge in [-0.2, -0.15) is 0 Å². The van der Waals surface area contributed by atoms with Gasteiger partial charge in [-0.05, 0) is 35.7 Å². The van der Waals surface area contributed by atoms with Crippen molar-refractivity contribution in [2.45, 2.75) is 0 Å². The molecule has 7 heteroatoms. The van der Waals surface area contributed by atoms with E-state index in [1.165, 1.54) is 43.8 Å². The van der Waals surface area contributed by atoms with Crippen LogP contribution in [0.5, 0.6) is 5.75 Å². The van der Waals surface area contributed by atoms with E-state index < -0.39 is 17.9 Å². The van der Waals surface area contributed by atoms with Crippen LogP contribution in [0.25, 0.3) is 10.1 Å². The van der Waals surface area contributed by atoms with Gasteiger partial charge in [0.25, 0.3) is 0 Å². The van der Waals surface area contributed by atoms with Gasteiger partial charge in [0, 0.05) is 4.70 Å². The van der Waals surface area contributed by atoms with Gasteiger partial charge in [-0.25, -0.2) is 14.4 Å². The Kier molecular flexibility index (Phi) is 4.99. The van der Waals surface area contributed by atoms with Crippen LogP contribution < -0.4 is 4.74 Å². The molecule has 0 N–H and O–H groups in total. The van der Waals surface area contributed by atoms with Gasteiger partial charge in [0.2, 0.25) is 0 Å². The van der Waals surface area contributed by atoms with Crippen molar-refractivity contribution in [1.82, 2.24) is 0 Å². The average Bonchev–Trinajstić information content (AvgIpc) is 3.10. The van der Waals surface area contributed by atoms with Gasteiger partial charge in [-0.1, -0.05) is 18.2 Å². The lowest BCUT2D eigenvalue weighted by molar-refractivity contribution is 0.0593. The first-order valence-corrected chi connectivity index (χ1v) is 8.36. The van der Waals surface area contributed by atoms with E-state index in [1.54, 1.807) is 6.07 Å². The zero-order chi connectivity index (χ0) is 18.7. The molecule has 0 spiro atoms. The molecule has 2 aromatic carbocycles. The number of fused-ring (bicyclic) bond motifs is 1. The van der Waals surface area contributed by atoms with E-state index in [0.717, 1.165) is 10.1 Å². The molecule has 0 amide bonds. The number of carbonyl (C=O) groups excluding carboxylic acids is 3. The lowest BCUT2D eigenvalue weighted by atomic mass is 10.1. The number of esters is 3. The molecule has 0 aliphatic carbocycles. The molecule has 3 aromatic rings. The van der Waals surface area contributed by atoms with Crippen LogP contribution in [-0.2, 0) is 9.47 Å². The maximum absolute atomic E-state index is 12.4. The smallest absolute Gasteiger partial charge is 0.353 e. The van der Waals surface area contributed by atoms with E-state index in [9.17, 15) is 14.4 Å². The van der Waals surface area contributed by atoms with Crippen molar-refractivity contribution in [3.63, 3.8) is 0 Å². The van der Waals surface area contributed by atoms with Crippen LogP contribution in [0, 0.1) is 0 Å². The number of carbonyl (C=O) groups is 3. The molecule has 0 saturated carbocycles. The SMILES string of the molecule is COC(=O)c1cc(OC(=O)c2cc3ccccc3s2)cc(C(=O)OC)c1. The molecule has 0 radical (unpaired) electrons. The molecule has 1 heterocycles. The minimum absolute atomic E-state index is 0.0516. The number of methoxy groups -OCH3 is 2. The molecular formula is C19H14O6S. The molecule has 0 aliphatic rings. The van der Waals surface area contributed by atoms with Gasteiger partial charge in [-0.15, -0.1) is 11.3 Å². The Morgan fingerprint density at radius 2 is 1.42 bits per heavy atom. The Bertz CT molecular complexity index is 937. The second-order valence-corrected chi connectivity index (χ2v) is 6.35. The molecule has 0 saturated heterocycles. The average molecular weight is 370 g/mol. The Labute approximate surface area is 152 Å². The van der Waals surface area contributed by atoms with Crippen LogP contribution in [-0.4, -0.2) is 32.1 Å². The monoisotopic (exact) mass is 370 g/mol. The number of hydrogen-bond donors (Lipinski definition) is 0. The first kappa shape index (κ1) is 17.6. The first-order valence-electron chi connectivity index (χ1n) is 7.54. The van der Waals surface area contributed by atoms with Crippen LogP contribution in [0.2, 0.25) is 0 Å². The minimum atomic E-state index is -0.657. The van der Waals surface area contributed by atoms with E-state index in [2.05, 4.69) is 9.47 Å². The molecule has 0 unspecified atom stereocenters. The standard InChI is InChI=1S/C19H14O6S/c1-23-17(20)12-7-13(18(21)24-2)9-14(8-12)25-19(22)16-10-11-5-3-4-6-15(11)26-16/h3-10H,1-2H3. The molecule has 3 rings (SSSR count). The largest absolute Gasteiger partial charge is 0.465 e. The Balaban J connectivity index is 1.93. The fourth-order valence-electron chi connectivity index (χ4n) is 2.37. The third-order valence-corrected chi connectivity index (χ3v) is 4.68. The highest BCUT2D eigenvalue weighted by atomic mass is 32.1. The summed E-state index contributed by atoms with van der Waals surface area (Å²) in [7, 11) is 2.44. The summed E-state index contributed by atoms with van der Waals surface area (Å²) in [4.78, 5) is 36.4. The van der Waals surface area contributed by atoms with Gasteiger partial charge in [-0.3, -0.25) is 0 Å². The van der Waals surface area contributed by atoms with Crippen molar-refractivity contribution in [3.05, 3.63) is 64.5 Å². The summed E-state index contributed by atoms with van der Waals surface area (Å²) in [6.07, 6.45) is 0. The summed E-state index contributed by atoms with van der Waals surface area (Å²) < 4.78 is 15.6. The topological polar surface area (TPSA) is 78.9 Å². The zero-order valence-electron chi connectivity index (χ0n) is 14.0. The molecule has 0 aliphatic heterocycles. The maximum atomic E-state index is 12.4. The lowest BCUT2D eigenvalue weighted by Crippen LogP contribution is -2.10. The van der Waals surface area contributed by atoms with Crippen LogP contribution >= 0.6 is 11.3 Å². The molecule has 0 atom stereocenters. The Morgan fingerprint density at radius 3 is 2.00 bits per heavy atom. The summed E-state index contributed by atoms with van der Waals surface area (Å²) in [6.45, 7) is 0. The van der Waals surface area contributed by atoms with E-state index in [-0.39, 0.29) is 16.9 Å². The van der Waals surface area contributed by atoms with E-state index in [4.69, 9.17) is 4.74 Å². The lowest BCUT2D eigenvalue weighted by Gasteiger charge is -2.08. The van der Waals surface area contributed by atoms with Gasteiger partial charge >= 0.3 is 17.9 Å². The van der Waals surface area contributed by atoms with Crippen molar-refractivity contribution < 1.29 is 28.6 Å². The molecule has 1 aromatic heterocycles. The van der Waals surface area contributed by atoms with Gasteiger partial charge in [0.15, 0.2) is 0 Å². The second-order valence-electron chi connectivity index (χ2n) is 5.27. The molecular weight excluding hydrogens is 356 g/mol.